The van der Waals surface area contributed by atoms with E-state index in [4.69, 9.17) is 0 Å². The van der Waals surface area contributed by atoms with Gasteiger partial charge in [-0.15, -0.1) is 5.10 Å². The molecule has 6 heteroatoms. The molecular weight excluding hydrogens is 364 g/mol. The van der Waals surface area contributed by atoms with Crippen molar-refractivity contribution in [2.24, 2.45) is 0 Å². The smallest absolute Gasteiger partial charge is 0.253 e. The van der Waals surface area contributed by atoms with Gasteiger partial charge in [-0.05, 0) is 42.5 Å². The Kier molecular flexibility index (Phi) is 5.25. The first kappa shape index (κ1) is 19.1. The third-order valence-electron chi connectivity index (χ3n) is 5.73. The van der Waals surface area contributed by atoms with Crippen molar-refractivity contribution < 1.29 is 9.59 Å². The molecule has 148 valence electrons. The molecule has 0 bridgehead atoms. The monoisotopic (exact) mass is 388 g/mol. The first-order valence-electron chi connectivity index (χ1n) is 9.88. The highest BCUT2D eigenvalue weighted by Gasteiger charge is 2.32. The lowest BCUT2D eigenvalue weighted by Gasteiger charge is -2.25. The van der Waals surface area contributed by atoms with Crippen LogP contribution in [-0.4, -0.2) is 44.7 Å². The van der Waals surface area contributed by atoms with Crippen LogP contribution in [0.15, 0.2) is 60.8 Å². The van der Waals surface area contributed by atoms with Gasteiger partial charge in [0.05, 0.1) is 12.2 Å². The number of hydrogen-bond acceptors (Lipinski definition) is 4. The van der Waals surface area contributed by atoms with Crippen molar-refractivity contribution in [2.75, 3.05) is 7.05 Å². The van der Waals surface area contributed by atoms with E-state index in [1.807, 2.05) is 54.4 Å². The molecule has 29 heavy (non-hydrogen) atoms. The van der Waals surface area contributed by atoms with Crippen molar-refractivity contribution in [3.05, 3.63) is 72.1 Å². The van der Waals surface area contributed by atoms with Crippen LogP contribution >= 0.6 is 0 Å². The van der Waals surface area contributed by atoms with E-state index in [1.54, 1.807) is 10.9 Å². The molecule has 0 aliphatic heterocycles. The Balaban J connectivity index is 1.42. The molecule has 1 fully saturated rings. The molecule has 0 saturated heterocycles. The lowest BCUT2D eigenvalue weighted by Crippen LogP contribution is -2.35. The number of benzene rings is 2. The summed E-state index contributed by atoms with van der Waals surface area (Å²) >= 11 is 0. The van der Waals surface area contributed by atoms with E-state index in [9.17, 15) is 9.59 Å². The van der Waals surface area contributed by atoms with Crippen molar-refractivity contribution in [1.82, 2.24) is 19.9 Å². The van der Waals surface area contributed by atoms with Gasteiger partial charge in [0.1, 0.15) is 5.69 Å². The largest absolute Gasteiger partial charge is 0.339 e. The second kappa shape index (κ2) is 7.99. The zero-order chi connectivity index (χ0) is 20.4. The molecule has 1 aliphatic rings. The van der Waals surface area contributed by atoms with Crippen LogP contribution in [-0.2, 0) is 0 Å². The normalized spacial score (nSPS) is 18.6. The zero-order valence-electron chi connectivity index (χ0n) is 16.7. The highest BCUT2D eigenvalue weighted by molar-refractivity contribution is 5.94. The predicted molar refractivity (Wildman–Crippen MR) is 111 cm³/mol. The summed E-state index contributed by atoms with van der Waals surface area (Å²) in [4.78, 5) is 26.2. The molecule has 1 amide bonds. The van der Waals surface area contributed by atoms with Crippen LogP contribution in [0.25, 0.3) is 11.1 Å². The fourth-order valence-corrected chi connectivity index (χ4v) is 3.95. The molecule has 1 aromatic heterocycles. The van der Waals surface area contributed by atoms with Crippen molar-refractivity contribution in [2.45, 2.75) is 38.3 Å². The average Bonchev–Trinajstić information content (AvgIpc) is 3.43. The minimum absolute atomic E-state index is 0.0262. The maximum atomic E-state index is 13.0. The molecular formula is C23H24N4O2. The minimum atomic E-state index is -0.0861. The third kappa shape index (κ3) is 3.97. The molecule has 1 heterocycles. The Hall–Kier alpha value is -3.28. The van der Waals surface area contributed by atoms with Crippen LogP contribution < -0.4 is 0 Å². The number of rotatable bonds is 5. The topological polar surface area (TPSA) is 68.1 Å². The van der Waals surface area contributed by atoms with Crippen molar-refractivity contribution >= 4 is 11.7 Å². The zero-order valence-corrected chi connectivity index (χ0v) is 16.7. The molecule has 2 unspecified atom stereocenters. The number of carbonyl (C=O) groups is 2. The van der Waals surface area contributed by atoms with Crippen molar-refractivity contribution in [3.63, 3.8) is 0 Å². The molecule has 1 saturated carbocycles. The number of Topliss-reactive ketones (excluding diaryl/α,β-unsaturated/α-hetero) is 1. The Labute approximate surface area is 170 Å². The van der Waals surface area contributed by atoms with Gasteiger partial charge in [0.2, 0.25) is 0 Å². The number of nitrogens with zero attached hydrogens (tertiary/aromatic N) is 4. The Bertz CT molecular complexity index is 1010. The number of amides is 1. The summed E-state index contributed by atoms with van der Waals surface area (Å²) in [5.41, 5.74) is 3.31. The Morgan fingerprint density at radius 3 is 2.34 bits per heavy atom. The molecule has 3 aromatic rings. The van der Waals surface area contributed by atoms with E-state index in [-0.39, 0.29) is 23.8 Å². The molecule has 0 radical (unpaired) electrons. The predicted octanol–water partition coefficient (Wildman–Crippen LogP) is 4.01. The quantitative estimate of drug-likeness (QED) is 0.619. The fraction of sp³-hybridized carbons (Fsp3) is 0.304. The van der Waals surface area contributed by atoms with Crippen LogP contribution in [0.3, 0.4) is 0 Å². The second-order valence-electron chi connectivity index (χ2n) is 7.62. The number of hydrogen-bond donors (Lipinski definition) is 0. The molecule has 2 aromatic carbocycles. The Morgan fingerprint density at radius 2 is 1.69 bits per heavy atom. The van der Waals surface area contributed by atoms with Gasteiger partial charge < -0.3 is 4.90 Å². The number of aromatic nitrogens is 3. The summed E-state index contributed by atoms with van der Waals surface area (Å²) in [6.07, 6.45) is 4.34. The van der Waals surface area contributed by atoms with Crippen LogP contribution in [0, 0.1) is 0 Å². The summed E-state index contributed by atoms with van der Waals surface area (Å²) in [5, 5.41) is 8.03. The van der Waals surface area contributed by atoms with Crippen LogP contribution in [0.1, 0.15) is 53.1 Å². The molecule has 6 nitrogen and oxygen atoms in total. The number of carbonyl (C=O) groups excluding carboxylic acids is 2. The summed E-state index contributed by atoms with van der Waals surface area (Å²) < 4.78 is 1.77. The summed E-state index contributed by atoms with van der Waals surface area (Å²) in [5.74, 6) is -0.0599. The molecule has 1 aliphatic carbocycles. The van der Waals surface area contributed by atoms with E-state index in [2.05, 4.69) is 22.4 Å². The van der Waals surface area contributed by atoms with Gasteiger partial charge in [0, 0.05) is 25.6 Å². The van der Waals surface area contributed by atoms with Gasteiger partial charge in [-0.2, -0.15) is 0 Å². The average molecular weight is 388 g/mol. The molecule has 0 spiro atoms. The summed E-state index contributed by atoms with van der Waals surface area (Å²) in [6.45, 7) is 1.49. The van der Waals surface area contributed by atoms with Crippen molar-refractivity contribution in [3.8, 4) is 11.1 Å². The standard InChI is InChI=1S/C23H24N4O2/c1-16(28)22-15-27(25-24-22)21-13-12-20(14-21)26(2)23(29)19-10-8-18(9-11-19)17-6-4-3-5-7-17/h3-11,15,20-21H,12-14H2,1-2H3. The van der Waals surface area contributed by atoms with E-state index >= 15 is 0 Å². The second-order valence-corrected chi connectivity index (χ2v) is 7.62. The SMILES string of the molecule is CC(=O)c1cn(C2CCC(N(C)C(=O)c3ccc(-c4ccccc4)cc3)C2)nn1. The van der Waals surface area contributed by atoms with Gasteiger partial charge >= 0.3 is 0 Å². The van der Waals surface area contributed by atoms with Gasteiger partial charge in [-0.1, -0.05) is 47.7 Å². The highest BCUT2D eigenvalue weighted by atomic mass is 16.2. The minimum Gasteiger partial charge on any atom is -0.339 e. The number of ketones is 1. The van der Waals surface area contributed by atoms with Gasteiger partial charge in [-0.25, -0.2) is 4.68 Å². The first-order chi connectivity index (χ1) is 14.0. The van der Waals surface area contributed by atoms with Gasteiger partial charge in [0.15, 0.2) is 5.78 Å². The highest BCUT2D eigenvalue weighted by Crippen LogP contribution is 2.33. The van der Waals surface area contributed by atoms with E-state index in [0.717, 1.165) is 30.4 Å². The summed E-state index contributed by atoms with van der Waals surface area (Å²) in [7, 11) is 1.86. The Morgan fingerprint density at radius 1 is 1.00 bits per heavy atom. The van der Waals surface area contributed by atoms with Crippen molar-refractivity contribution in [1.29, 1.82) is 0 Å². The third-order valence-corrected chi connectivity index (χ3v) is 5.73. The lowest BCUT2D eigenvalue weighted by atomic mass is 10.0. The van der Waals surface area contributed by atoms with Gasteiger partial charge in [-0.3, -0.25) is 9.59 Å². The maximum absolute atomic E-state index is 13.0. The van der Waals surface area contributed by atoms with Crippen LogP contribution in [0.2, 0.25) is 0 Å². The fourth-order valence-electron chi connectivity index (χ4n) is 3.95. The van der Waals surface area contributed by atoms with Crippen LogP contribution in [0.4, 0.5) is 0 Å². The van der Waals surface area contributed by atoms with Crippen LogP contribution in [0.5, 0.6) is 0 Å². The molecule has 4 rings (SSSR count). The van der Waals surface area contributed by atoms with E-state index in [0.29, 0.717) is 11.3 Å². The molecule has 2 atom stereocenters. The maximum Gasteiger partial charge on any atom is 0.253 e. The lowest BCUT2D eigenvalue weighted by molar-refractivity contribution is 0.0732. The van der Waals surface area contributed by atoms with Gasteiger partial charge in [0.25, 0.3) is 5.91 Å². The molecule has 0 N–H and O–H groups in total. The van der Waals surface area contributed by atoms with E-state index in [1.165, 1.54) is 6.92 Å². The first-order valence-corrected chi connectivity index (χ1v) is 9.88. The summed E-state index contributed by atoms with van der Waals surface area (Å²) in [6, 6.07) is 18.2. The van der Waals surface area contributed by atoms with E-state index < -0.39 is 0 Å².